The quantitative estimate of drug-likeness (QED) is 0.590. The Morgan fingerprint density at radius 3 is 2.92 bits per heavy atom. The highest BCUT2D eigenvalue weighted by molar-refractivity contribution is 5.94. The van der Waals surface area contributed by atoms with Crippen LogP contribution < -0.4 is 0 Å². The summed E-state index contributed by atoms with van der Waals surface area (Å²) in [5, 5.41) is 4.36. The number of allylic oxidation sites excluding steroid dienone is 2. The molecule has 1 aliphatic heterocycles. The zero-order valence-corrected chi connectivity index (χ0v) is 14.7. The number of carbonyl (C=O) groups is 1. The van der Waals surface area contributed by atoms with E-state index in [4.69, 9.17) is 0 Å². The van der Waals surface area contributed by atoms with Crippen LogP contribution in [0.2, 0.25) is 0 Å². The number of hydrogen-bond donors (Lipinski definition) is 0. The van der Waals surface area contributed by atoms with Gasteiger partial charge in [-0.1, -0.05) is 36.8 Å². The molecule has 0 radical (unpaired) electrons. The number of nitrogens with zero attached hydrogens (tertiary/aromatic N) is 3. The van der Waals surface area contributed by atoms with E-state index >= 15 is 0 Å². The monoisotopic (exact) mass is 357 g/mol. The average Bonchev–Trinajstić information content (AvgIpc) is 3.30. The summed E-state index contributed by atoms with van der Waals surface area (Å²) in [7, 11) is 0. The summed E-state index contributed by atoms with van der Waals surface area (Å²) < 4.78 is 30.1. The molecule has 0 saturated heterocycles. The van der Waals surface area contributed by atoms with Crippen molar-refractivity contribution in [3.05, 3.63) is 58.9 Å². The van der Waals surface area contributed by atoms with E-state index in [-0.39, 0.29) is 29.9 Å². The second kappa shape index (κ2) is 6.41. The maximum Gasteiger partial charge on any atom is 0.217 e. The number of Topliss-reactive ketones (excluding diaryl/α,β-unsaturated/α-hetero) is 1. The molecule has 4 rings (SSSR count). The van der Waals surface area contributed by atoms with E-state index in [1.165, 1.54) is 6.07 Å². The summed E-state index contributed by atoms with van der Waals surface area (Å²) in [5.74, 6) is 0.375. The number of aryl methyl sites for hydroxylation is 1. The Balaban J connectivity index is 1.52. The second-order valence-corrected chi connectivity index (χ2v) is 7.22. The first-order valence-corrected chi connectivity index (χ1v) is 9.09. The topological polar surface area (TPSA) is 47.8 Å². The third-order valence-electron chi connectivity index (χ3n) is 5.47. The fourth-order valence-corrected chi connectivity index (χ4v) is 3.88. The van der Waals surface area contributed by atoms with Crippen LogP contribution in [-0.2, 0) is 6.42 Å². The zero-order valence-electron chi connectivity index (χ0n) is 14.7. The van der Waals surface area contributed by atoms with Crippen LogP contribution in [0.5, 0.6) is 0 Å². The minimum absolute atomic E-state index is 0.148. The summed E-state index contributed by atoms with van der Waals surface area (Å²) in [5.41, 5.74) is 0.174. The van der Waals surface area contributed by atoms with Gasteiger partial charge in [0.2, 0.25) is 11.6 Å². The Kier molecular flexibility index (Phi) is 4.21. The Labute approximate surface area is 150 Å². The van der Waals surface area contributed by atoms with E-state index in [1.807, 2.05) is 13.0 Å². The van der Waals surface area contributed by atoms with Gasteiger partial charge in [-0.2, -0.15) is 0 Å². The molecular weight excluding hydrogens is 336 g/mol. The number of carbonyl (C=O) groups excluding carboxylic acids is 1. The van der Waals surface area contributed by atoms with Crippen LogP contribution in [0.25, 0.3) is 0 Å². The molecule has 0 spiro atoms. The van der Waals surface area contributed by atoms with Crippen molar-refractivity contribution in [2.45, 2.75) is 57.2 Å². The van der Waals surface area contributed by atoms with Crippen LogP contribution in [0.1, 0.15) is 67.1 Å². The molecule has 1 aliphatic carbocycles. The third kappa shape index (κ3) is 2.97. The van der Waals surface area contributed by atoms with Crippen molar-refractivity contribution in [3.63, 3.8) is 0 Å². The van der Waals surface area contributed by atoms with Crippen molar-refractivity contribution >= 4 is 5.78 Å². The van der Waals surface area contributed by atoms with Gasteiger partial charge in [-0.25, -0.2) is 18.4 Å². The number of halogens is 2. The first-order chi connectivity index (χ1) is 12.5. The van der Waals surface area contributed by atoms with Crippen molar-refractivity contribution < 1.29 is 13.6 Å². The maximum absolute atomic E-state index is 14.3. The predicted molar refractivity (Wildman–Crippen MR) is 93.3 cm³/mol. The van der Waals surface area contributed by atoms with Gasteiger partial charge in [-0.3, -0.25) is 4.79 Å². The van der Waals surface area contributed by atoms with Crippen molar-refractivity contribution in [2.75, 3.05) is 0 Å². The SMILES string of the molecule is CCC1(F)CC=C(CC(=O)c2nc3n(n2)[C@H](c2ccccc2F)CC3)C1. The Bertz CT molecular complexity index is 889. The van der Waals surface area contributed by atoms with E-state index in [0.717, 1.165) is 12.0 Å². The van der Waals surface area contributed by atoms with Crippen molar-refractivity contribution in [1.82, 2.24) is 14.8 Å². The van der Waals surface area contributed by atoms with Crippen LogP contribution in [0.15, 0.2) is 35.9 Å². The minimum Gasteiger partial charge on any atom is -0.290 e. The minimum atomic E-state index is -1.21. The number of aromatic nitrogens is 3. The molecule has 2 atom stereocenters. The molecule has 0 bridgehead atoms. The lowest BCUT2D eigenvalue weighted by atomic mass is 9.97. The lowest BCUT2D eigenvalue weighted by molar-refractivity contribution is 0.0979. The van der Waals surface area contributed by atoms with E-state index < -0.39 is 5.67 Å². The van der Waals surface area contributed by atoms with E-state index in [9.17, 15) is 13.6 Å². The zero-order chi connectivity index (χ0) is 18.3. The summed E-state index contributed by atoms with van der Waals surface area (Å²) in [6, 6.07) is 6.39. The second-order valence-electron chi connectivity index (χ2n) is 7.22. The van der Waals surface area contributed by atoms with Crippen molar-refractivity contribution in [2.24, 2.45) is 0 Å². The van der Waals surface area contributed by atoms with Gasteiger partial charge in [0.15, 0.2) is 0 Å². The van der Waals surface area contributed by atoms with Gasteiger partial charge in [0.25, 0.3) is 0 Å². The molecule has 1 aromatic heterocycles. The maximum atomic E-state index is 14.3. The lowest BCUT2D eigenvalue weighted by Crippen LogP contribution is -2.17. The van der Waals surface area contributed by atoms with Gasteiger partial charge in [0.05, 0.1) is 6.04 Å². The van der Waals surface area contributed by atoms with Crippen LogP contribution in [-0.4, -0.2) is 26.2 Å². The molecule has 136 valence electrons. The van der Waals surface area contributed by atoms with E-state index in [0.29, 0.717) is 37.1 Å². The van der Waals surface area contributed by atoms with Gasteiger partial charge < -0.3 is 0 Å². The Morgan fingerprint density at radius 2 is 2.19 bits per heavy atom. The van der Waals surface area contributed by atoms with Gasteiger partial charge in [-0.15, -0.1) is 5.10 Å². The molecule has 2 aliphatic rings. The molecular formula is C20H21F2N3O. The van der Waals surface area contributed by atoms with Gasteiger partial charge in [0, 0.05) is 24.8 Å². The highest BCUT2D eigenvalue weighted by atomic mass is 19.1. The number of hydrogen-bond acceptors (Lipinski definition) is 3. The molecule has 1 unspecified atom stereocenters. The largest absolute Gasteiger partial charge is 0.290 e. The molecule has 0 N–H and O–H groups in total. The van der Waals surface area contributed by atoms with Crippen molar-refractivity contribution in [3.8, 4) is 0 Å². The highest BCUT2D eigenvalue weighted by Crippen LogP contribution is 2.37. The third-order valence-corrected chi connectivity index (χ3v) is 5.47. The summed E-state index contributed by atoms with van der Waals surface area (Å²) in [6.07, 6.45) is 4.48. The number of benzene rings is 1. The summed E-state index contributed by atoms with van der Waals surface area (Å²) in [6.45, 7) is 1.82. The molecule has 0 fully saturated rings. The van der Waals surface area contributed by atoms with Crippen LogP contribution in [0.4, 0.5) is 8.78 Å². The summed E-state index contributed by atoms with van der Waals surface area (Å²) >= 11 is 0. The molecule has 2 aromatic rings. The van der Waals surface area contributed by atoms with Crippen molar-refractivity contribution in [1.29, 1.82) is 0 Å². The molecule has 1 aromatic carbocycles. The Hall–Kier alpha value is -2.37. The van der Waals surface area contributed by atoms with E-state index in [1.54, 1.807) is 22.9 Å². The smallest absolute Gasteiger partial charge is 0.217 e. The first kappa shape index (κ1) is 17.1. The van der Waals surface area contributed by atoms with Crippen LogP contribution in [0.3, 0.4) is 0 Å². The van der Waals surface area contributed by atoms with Gasteiger partial charge in [-0.05, 0) is 25.3 Å². The molecule has 0 amide bonds. The molecule has 6 heteroatoms. The normalized spacial score (nSPS) is 24.6. The standard InChI is InChI=1S/C20H21F2N3O/c1-2-20(22)10-9-13(12-20)11-17(26)19-23-18-8-7-16(25(18)24-19)14-5-3-4-6-15(14)21/h3-6,9,16H,2,7-8,10-12H2,1H3/t16-,20?/m0/s1. The average molecular weight is 357 g/mol. The highest BCUT2D eigenvalue weighted by Gasteiger charge is 2.34. The van der Waals surface area contributed by atoms with Gasteiger partial charge in [0.1, 0.15) is 17.3 Å². The fourth-order valence-electron chi connectivity index (χ4n) is 3.88. The molecule has 4 nitrogen and oxygen atoms in total. The number of alkyl halides is 1. The number of ketones is 1. The van der Waals surface area contributed by atoms with Crippen LogP contribution in [0, 0.1) is 5.82 Å². The number of rotatable bonds is 5. The molecule has 26 heavy (non-hydrogen) atoms. The predicted octanol–water partition coefficient (Wildman–Crippen LogP) is 4.36. The molecule has 2 heterocycles. The van der Waals surface area contributed by atoms with E-state index in [2.05, 4.69) is 10.1 Å². The number of fused-ring (bicyclic) bond motifs is 1. The van der Waals surface area contributed by atoms with Gasteiger partial charge >= 0.3 is 0 Å². The first-order valence-electron chi connectivity index (χ1n) is 9.09. The van der Waals surface area contributed by atoms with Crippen LogP contribution >= 0.6 is 0 Å². The fraction of sp³-hybridized carbons (Fsp3) is 0.450. The molecule has 0 saturated carbocycles. The lowest BCUT2D eigenvalue weighted by Gasteiger charge is -2.16. The Morgan fingerprint density at radius 1 is 1.38 bits per heavy atom. The summed E-state index contributed by atoms with van der Waals surface area (Å²) in [4.78, 5) is 16.9.